The average molecular weight is 392 g/mol. The molecule has 0 saturated carbocycles. The van der Waals surface area contributed by atoms with Crippen molar-refractivity contribution in [2.75, 3.05) is 20.8 Å². The SMILES string of the molecule is CCCc1nc(C)c(C(=O)N(CC(=O)O)Cc2cc(OC)cc(OC)c2)s1. The number of rotatable bonds is 9. The first-order valence-corrected chi connectivity index (χ1v) is 9.38. The van der Waals surface area contributed by atoms with E-state index in [4.69, 9.17) is 9.47 Å². The number of aromatic nitrogens is 1. The molecule has 0 fully saturated rings. The molecule has 7 nitrogen and oxygen atoms in total. The molecule has 0 unspecified atom stereocenters. The molecule has 1 N–H and O–H groups in total. The molecule has 0 aliphatic carbocycles. The summed E-state index contributed by atoms with van der Waals surface area (Å²) in [6, 6.07) is 5.23. The molecule has 2 rings (SSSR count). The molecule has 8 heteroatoms. The number of methoxy groups -OCH3 is 2. The number of benzene rings is 1. The maximum atomic E-state index is 13.0. The van der Waals surface area contributed by atoms with Crippen LogP contribution in [0, 0.1) is 6.92 Å². The van der Waals surface area contributed by atoms with Crippen LogP contribution in [0.3, 0.4) is 0 Å². The monoisotopic (exact) mass is 392 g/mol. The summed E-state index contributed by atoms with van der Waals surface area (Å²) in [6.07, 6.45) is 1.73. The smallest absolute Gasteiger partial charge is 0.323 e. The maximum Gasteiger partial charge on any atom is 0.323 e. The average Bonchev–Trinajstić information content (AvgIpc) is 3.00. The number of amides is 1. The van der Waals surface area contributed by atoms with Crippen molar-refractivity contribution in [2.24, 2.45) is 0 Å². The highest BCUT2D eigenvalue weighted by Gasteiger charge is 2.24. The van der Waals surface area contributed by atoms with Crippen molar-refractivity contribution in [1.29, 1.82) is 0 Å². The van der Waals surface area contributed by atoms with Gasteiger partial charge in [0.25, 0.3) is 5.91 Å². The largest absolute Gasteiger partial charge is 0.497 e. The Morgan fingerprint density at radius 1 is 1.19 bits per heavy atom. The molecule has 0 aliphatic heterocycles. The molecular weight excluding hydrogens is 368 g/mol. The van der Waals surface area contributed by atoms with Gasteiger partial charge in [-0.05, 0) is 37.5 Å². The fourth-order valence-corrected chi connectivity index (χ4v) is 3.79. The van der Waals surface area contributed by atoms with Gasteiger partial charge in [-0.3, -0.25) is 9.59 Å². The number of carboxylic acids is 1. The van der Waals surface area contributed by atoms with Crippen LogP contribution in [0.25, 0.3) is 0 Å². The van der Waals surface area contributed by atoms with Crippen LogP contribution in [0.5, 0.6) is 11.5 Å². The number of nitrogens with zero attached hydrogens (tertiary/aromatic N) is 2. The van der Waals surface area contributed by atoms with Gasteiger partial charge in [0.15, 0.2) is 0 Å². The Morgan fingerprint density at radius 3 is 2.33 bits per heavy atom. The molecule has 1 aromatic heterocycles. The molecule has 0 radical (unpaired) electrons. The van der Waals surface area contributed by atoms with Crippen molar-refractivity contribution in [1.82, 2.24) is 9.88 Å². The van der Waals surface area contributed by atoms with E-state index in [2.05, 4.69) is 4.98 Å². The van der Waals surface area contributed by atoms with Crippen molar-refractivity contribution in [3.05, 3.63) is 39.3 Å². The third-order valence-corrected chi connectivity index (χ3v) is 5.10. The lowest BCUT2D eigenvalue weighted by Crippen LogP contribution is -2.35. The van der Waals surface area contributed by atoms with Crippen molar-refractivity contribution in [3.63, 3.8) is 0 Å². The van der Waals surface area contributed by atoms with E-state index in [0.29, 0.717) is 22.1 Å². The molecule has 27 heavy (non-hydrogen) atoms. The van der Waals surface area contributed by atoms with Gasteiger partial charge in [-0.15, -0.1) is 11.3 Å². The van der Waals surface area contributed by atoms with Crippen LogP contribution in [0.15, 0.2) is 18.2 Å². The Hall–Kier alpha value is -2.61. The zero-order valence-electron chi connectivity index (χ0n) is 15.9. The number of carboxylic acid groups (broad SMARTS) is 1. The third kappa shape index (κ3) is 5.43. The molecule has 0 spiro atoms. The number of hydrogen-bond acceptors (Lipinski definition) is 6. The van der Waals surface area contributed by atoms with E-state index in [1.165, 1.54) is 30.5 Å². The van der Waals surface area contributed by atoms with Gasteiger partial charge in [0.05, 0.1) is 24.9 Å². The summed E-state index contributed by atoms with van der Waals surface area (Å²) in [4.78, 5) is 30.5. The van der Waals surface area contributed by atoms with Crippen molar-refractivity contribution in [3.8, 4) is 11.5 Å². The molecule has 2 aromatic rings. The van der Waals surface area contributed by atoms with Crippen molar-refractivity contribution < 1.29 is 24.2 Å². The minimum atomic E-state index is -1.07. The lowest BCUT2D eigenvalue weighted by Gasteiger charge is -2.21. The number of carbonyl (C=O) groups excluding carboxylic acids is 1. The van der Waals surface area contributed by atoms with Gasteiger partial charge < -0.3 is 19.5 Å². The standard InChI is InChI=1S/C19H24N2O5S/c1-5-6-16-20-12(2)18(27-16)19(24)21(11-17(22)23)10-13-7-14(25-3)9-15(8-13)26-4/h7-9H,5-6,10-11H2,1-4H3,(H,22,23). The minimum absolute atomic E-state index is 0.124. The van der Waals surface area contributed by atoms with Crippen molar-refractivity contribution in [2.45, 2.75) is 33.2 Å². The van der Waals surface area contributed by atoms with Gasteiger partial charge >= 0.3 is 5.97 Å². The quantitative estimate of drug-likeness (QED) is 0.705. The highest BCUT2D eigenvalue weighted by atomic mass is 32.1. The Bertz CT molecular complexity index is 796. The predicted molar refractivity (Wildman–Crippen MR) is 103 cm³/mol. The van der Waals surface area contributed by atoms with Gasteiger partial charge in [0, 0.05) is 12.6 Å². The number of aryl methyl sites for hydroxylation is 2. The van der Waals surface area contributed by atoms with E-state index < -0.39 is 12.5 Å². The van der Waals surface area contributed by atoms with Crippen LogP contribution in [0.2, 0.25) is 0 Å². The summed E-state index contributed by atoms with van der Waals surface area (Å²) in [5.74, 6) is -0.261. The van der Waals surface area contributed by atoms with Crippen LogP contribution in [-0.2, 0) is 17.8 Å². The normalized spacial score (nSPS) is 10.5. The summed E-state index contributed by atoms with van der Waals surface area (Å²) >= 11 is 1.33. The first kappa shape index (κ1) is 20.7. The molecule has 0 bridgehead atoms. The summed E-state index contributed by atoms with van der Waals surface area (Å²) in [5.41, 5.74) is 1.35. The van der Waals surface area contributed by atoms with Crippen LogP contribution in [0.4, 0.5) is 0 Å². The van der Waals surface area contributed by atoms with Gasteiger partial charge in [0.1, 0.15) is 22.9 Å². The lowest BCUT2D eigenvalue weighted by atomic mass is 10.1. The maximum absolute atomic E-state index is 13.0. The molecule has 0 aliphatic rings. The van der Waals surface area contributed by atoms with Crippen LogP contribution in [0.1, 0.15) is 39.3 Å². The Kier molecular flexibility index (Phi) is 7.18. The van der Waals surface area contributed by atoms with Crippen molar-refractivity contribution >= 4 is 23.2 Å². The van der Waals surface area contributed by atoms with Gasteiger partial charge in [-0.1, -0.05) is 6.92 Å². The minimum Gasteiger partial charge on any atom is -0.497 e. The molecule has 1 aromatic carbocycles. The molecule has 146 valence electrons. The fraction of sp³-hybridized carbons (Fsp3) is 0.421. The third-order valence-electron chi connectivity index (χ3n) is 3.90. The van der Waals surface area contributed by atoms with Gasteiger partial charge in [-0.25, -0.2) is 4.98 Å². The van der Waals surface area contributed by atoms with E-state index in [9.17, 15) is 14.7 Å². The predicted octanol–water partition coefficient (Wildman–Crippen LogP) is 3.15. The number of hydrogen-bond donors (Lipinski definition) is 1. The second-order valence-electron chi connectivity index (χ2n) is 6.05. The van der Waals surface area contributed by atoms with E-state index in [-0.39, 0.29) is 12.5 Å². The molecule has 1 heterocycles. The summed E-state index contributed by atoms with van der Waals surface area (Å²) in [5, 5.41) is 10.1. The van der Waals surface area contributed by atoms with Crippen LogP contribution in [-0.4, -0.2) is 47.6 Å². The second kappa shape index (κ2) is 9.36. The van der Waals surface area contributed by atoms with E-state index >= 15 is 0 Å². The molecule has 1 amide bonds. The van der Waals surface area contributed by atoms with E-state index in [0.717, 1.165) is 23.4 Å². The zero-order chi connectivity index (χ0) is 20.0. The summed E-state index contributed by atoms with van der Waals surface area (Å²) < 4.78 is 10.5. The lowest BCUT2D eigenvalue weighted by molar-refractivity contribution is -0.137. The fourth-order valence-electron chi connectivity index (χ4n) is 2.66. The van der Waals surface area contributed by atoms with E-state index in [1.54, 1.807) is 25.1 Å². The van der Waals surface area contributed by atoms with Gasteiger partial charge in [-0.2, -0.15) is 0 Å². The first-order valence-electron chi connectivity index (χ1n) is 8.57. The highest BCUT2D eigenvalue weighted by molar-refractivity contribution is 7.13. The Balaban J connectivity index is 2.32. The van der Waals surface area contributed by atoms with E-state index in [1.807, 2.05) is 6.92 Å². The second-order valence-corrected chi connectivity index (χ2v) is 7.13. The molecule has 0 atom stereocenters. The topological polar surface area (TPSA) is 89.0 Å². The van der Waals surface area contributed by atoms with Crippen LogP contribution < -0.4 is 9.47 Å². The van der Waals surface area contributed by atoms with Crippen LogP contribution >= 0.6 is 11.3 Å². The number of thiazole rings is 1. The Labute approximate surface area is 162 Å². The first-order chi connectivity index (χ1) is 12.9. The van der Waals surface area contributed by atoms with Gasteiger partial charge in [0.2, 0.25) is 0 Å². The summed E-state index contributed by atoms with van der Waals surface area (Å²) in [7, 11) is 3.07. The number of ether oxygens (including phenoxy) is 2. The Morgan fingerprint density at radius 2 is 1.81 bits per heavy atom. The molecular formula is C19H24N2O5S. The highest BCUT2D eigenvalue weighted by Crippen LogP contribution is 2.25. The summed E-state index contributed by atoms with van der Waals surface area (Å²) in [6.45, 7) is 3.54. The zero-order valence-corrected chi connectivity index (χ0v) is 16.8. The molecule has 0 saturated heterocycles. The number of carbonyl (C=O) groups is 2. The number of aliphatic carboxylic acids is 1.